The molecule has 10 atom stereocenters. The zero-order valence-corrected chi connectivity index (χ0v) is 30.9. The molecule has 4 fully saturated rings. The fourth-order valence-electron chi connectivity index (χ4n) is 7.19. The molecule has 4 saturated heterocycles. The van der Waals surface area contributed by atoms with E-state index in [1.54, 1.807) is 7.11 Å². The molecular weight excluding hydrogens is 708 g/mol. The molecule has 4 aromatic rings. The minimum Gasteiger partial charge on any atom is -0.459 e. The first-order valence-electron chi connectivity index (χ1n) is 18.5. The van der Waals surface area contributed by atoms with Gasteiger partial charge in [-0.3, -0.25) is 0 Å². The maximum absolute atomic E-state index is 13.9. The number of carbonyl (C=O) groups excluding carboxylic acids is 1. The molecule has 0 radical (unpaired) electrons. The normalized spacial score (nSPS) is 30.2. The predicted octanol–water partition coefficient (Wildman–Crippen LogP) is 4.74. The highest BCUT2D eigenvalue weighted by atomic mass is 16.8. The molecular formula is C43H48O12. The lowest BCUT2D eigenvalue weighted by molar-refractivity contribution is -0.411. The predicted molar refractivity (Wildman–Crippen MR) is 197 cm³/mol. The van der Waals surface area contributed by atoms with Crippen molar-refractivity contribution in [2.24, 2.45) is 0 Å². The van der Waals surface area contributed by atoms with Crippen molar-refractivity contribution in [2.75, 3.05) is 27.4 Å². The van der Waals surface area contributed by atoms with Crippen LogP contribution in [0.1, 0.15) is 22.3 Å². The topological polar surface area (TPSA) is 130 Å². The van der Waals surface area contributed by atoms with E-state index in [2.05, 4.69) is 0 Å². The smallest absolute Gasteiger partial charge is 0.344 e. The van der Waals surface area contributed by atoms with Gasteiger partial charge >= 0.3 is 5.97 Å². The Morgan fingerprint density at radius 3 is 1.73 bits per heavy atom. The van der Waals surface area contributed by atoms with E-state index in [4.69, 9.17) is 47.4 Å². The van der Waals surface area contributed by atoms with E-state index in [9.17, 15) is 9.90 Å². The van der Waals surface area contributed by atoms with Crippen molar-refractivity contribution < 1.29 is 57.3 Å². The lowest BCUT2D eigenvalue weighted by Crippen LogP contribution is -2.76. The van der Waals surface area contributed by atoms with Gasteiger partial charge in [-0.2, -0.15) is 0 Å². The van der Waals surface area contributed by atoms with E-state index in [-0.39, 0.29) is 33.0 Å². The van der Waals surface area contributed by atoms with Gasteiger partial charge in [0.15, 0.2) is 12.6 Å². The third-order valence-electron chi connectivity index (χ3n) is 10.1. The van der Waals surface area contributed by atoms with Gasteiger partial charge in [-0.15, -0.1) is 0 Å². The van der Waals surface area contributed by atoms with E-state index in [0.29, 0.717) is 6.61 Å². The average Bonchev–Trinajstić information content (AvgIpc) is 3.24. The van der Waals surface area contributed by atoms with E-state index in [0.717, 1.165) is 22.3 Å². The lowest BCUT2D eigenvalue weighted by Gasteiger charge is -2.55. The van der Waals surface area contributed by atoms with Crippen LogP contribution in [-0.2, 0) is 78.6 Å². The Balaban J connectivity index is 1.19. The summed E-state index contributed by atoms with van der Waals surface area (Å²) in [5.41, 5.74) is 1.68. The van der Waals surface area contributed by atoms with Gasteiger partial charge in [0.25, 0.3) is 0 Å². The zero-order valence-electron chi connectivity index (χ0n) is 30.9. The van der Waals surface area contributed by atoms with Crippen molar-refractivity contribution in [3.63, 3.8) is 0 Å². The Morgan fingerprint density at radius 1 is 0.655 bits per heavy atom. The Kier molecular flexibility index (Phi) is 13.3. The summed E-state index contributed by atoms with van der Waals surface area (Å²) in [6.45, 7) is 0.547. The second kappa shape index (κ2) is 18.7. The van der Waals surface area contributed by atoms with E-state index in [1.165, 1.54) is 7.11 Å². The van der Waals surface area contributed by atoms with Crippen LogP contribution in [0.4, 0.5) is 0 Å². The summed E-state index contributed by atoms with van der Waals surface area (Å²) in [6.07, 6.45) is -8.73. The van der Waals surface area contributed by atoms with Crippen LogP contribution in [0.15, 0.2) is 121 Å². The molecule has 0 spiro atoms. The van der Waals surface area contributed by atoms with Gasteiger partial charge in [-0.25, -0.2) is 4.79 Å². The first kappa shape index (κ1) is 39.2. The van der Waals surface area contributed by atoms with Crippen molar-refractivity contribution in [1.82, 2.24) is 0 Å². The summed E-state index contributed by atoms with van der Waals surface area (Å²) in [4.78, 5) is 13.9. The molecule has 4 aliphatic heterocycles. The maximum atomic E-state index is 13.9. The van der Waals surface area contributed by atoms with Gasteiger partial charge in [0.2, 0.25) is 5.60 Å². The Bertz CT molecular complexity index is 1750. The number of methoxy groups -OCH3 is 2. The van der Waals surface area contributed by atoms with Crippen molar-refractivity contribution >= 4 is 5.97 Å². The molecule has 4 aliphatic rings. The van der Waals surface area contributed by atoms with Gasteiger partial charge in [-0.1, -0.05) is 121 Å². The highest BCUT2D eigenvalue weighted by Gasteiger charge is 2.66. The molecule has 12 nitrogen and oxygen atoms in total. The molecule has 4 aromatic carbocycles. The van der Waals surface area contributed by atoms with E-state index >= 15 is 0 Å². The molecule has 1 N–H and O–H groups in total. The standard InChI is InChI=1S/C43H48O12/c1-46-36-38-41(55-43(28-52-38,39(36)44)42(45)51-26-32-21-13-6-14-22-32)54-34-33(27-48-23-29-15-7-3-8-16-29)53-40(47-2)37(50-25-31-19-11-5-12-20-31)35(34)49-24-30-17-9-4-10-18-30/h3-22,33-41,44H,23-28H2,1-2H3/t33?,34-,35?,36+,37?,38?,39+,40+,41-,43?/m1/s1. The quantitative estimate of drug-likeness (QED) is 0.150. The van der Waals surface area contributed by atoms with Crippen LogP contribution in [-0.4, -0.2) is 99.4 Å². The number of carbonyl (C=O) groups is 1. The largest absolute Gasteiger partial charge is 0.459 e. The summed E-state index contributed by atoms with van der Waals surface area (Å²) in [5.74, 6) is -0.805. The Labute approximate surface area is 321 Å². The highest BCUT2D eigenvalue weighted by Crippen LogP contribution is 2.42. The van der Waals surface area contributed by atoms with Crippen LogP contribution in [0.2, 0.25) is 0 Å². The van der Waals surface area contributed by atoms with Gasteiger partial charge in [0, 0.05) is 14.2 Å². The van der Waals surface area contributed by atoms with Gasteiger partial charge in [0.05, 0.1) is 33.0 Å². The molecule has 0 amide bonds. The van der Waals surface area contributed by atoms with E-state index < -0.39 is 66.9 Å². The zero-order chi connectivity index (χ0) is 38.0. The number of rotatable bonds is 17. The van der Waals surface area contributed by atoms with Gasteiger partial charge in [-0.05, 0) is 22.3 Å². The Morgan fingerprint density at radius 2 is 1.18 bits per heavy atom. The highest BCUT2D eigenvalue weighted by molar-refractivity contribution is 5.81. The summed E-state index contributed by atoms with van der Waals surface area (Å²) in [6, 6.07) is 38.5. The lowest BCUT2D eigenvalue weighted by atomic mass is 9.84. The minimum absolute atomic E-state index is 0.0321. The monoisotopic (exact) mass is 756 g/mol. The Hall–Kier alpha value is -4.05. The summed E-state index contributed by atoms with van der Waals surface area (Å²) in [5, 5.41) is 11.5. The third kappa shape index (κ3) is 9.16. The first-order valence-corrected chi connectivity index (χ1v) is 18.5. The van der Waals surface area contributed by atoms with Crippen molar-refractivity contribution in [2.45, 2.75) is 87.3 Å². The van der Waals surface area contributed by atoms with Crippen molar-refractivity contribution in [3.8, 4) is 0 Å². The number of aliphatic hydroxyl groups is 1. The molecule has 292 valence electrons. The van der Waals surface area contributed by atoms with Crippen LogP contribution < -0.4 is 0 Å². The number of fused-ring (bicyclic) bond motifs is 3. The molecule has 0 aliphatic carbocycles. The van der Waals surface area contributed by atoms with Crippen LogP contribution >= 0.6 is 0 Å². The van der Waals surface area contributed by atoms with Crippen molar-refractivity contribution in [1.29, 1.82) is 0 Å². The molecule has 0 aromatic heterocycles. The first-order chi connectivity index (χ1) is 27.0. The molecule has 55 heavy (non-hydrogen) atoms. The van der Waals surface area contributed by atoms with Crippen LogP contribution in [0.25, 0.3) is 0 Å². The summed E-state index contributed by atoms with van der Waals surface area (Å²) >= 11 is 0. The molecule has 4 heterocycles. The fourth-order valence-corrected chi connectivity index (χ4v) is 7.19. The molecule has 8 rings (SSSR count). The minimum atomic E-state index is -1.94. The molecule has 2 bridgehead atoms. The number of benzene rings is 4. The summed E-state index contributed by atoms with van der Waals surface area (Å²) < 4.78 is 63.0. The van der Waals surface area contributed by atoms with Crippen LogP contribution in [0, 0.1) is 0 Å². The molecule has 12 heteroatoms. The number of esters is 1. The fraction of sp³-hybridized carbons (Fsp3) is 0.419. The van der Waals surface area contributed by atoms with Crippen LogP contribution in [0.3, 0.4) is 0 Å². The molecule has 5 unspecified atom stereocenters. The number of hydrogen-bond acceptors (Lipinski definition) is 12. The number of hydrogen-bond donors (Lipinski definition) is 1. The SMILES string of the molecule is CO[C@H]1OC(COCc2ccccc2)[C@@H](O[C@@H]2OC3(C(=O)OCc4ccccc4)COC2[C@H](OC)[C@@H]3O)C(OCc2ccccc2)C1OCc1ccccc1. The maximum Gasteiger partial charge on any atom is 0.344 e. The molecule has 0 saturated carbocycles. The number of aliphatic hydroxyl groups excluding tert-OH is 1. The van der Waals surface area contributed by atoms with Crippen molar-refractivity contribution in [3.05, 3.63) is 144 Å². The average molecular weight is 757 g/mol. The second-order valence-corrected chi connectivity index (χ2v) is 13.8. The summed E-state index contributed by atoms with van der Waals surface area (Å²) in [7, 11) is 2.98. The van der Waals surface area contributed by atoms with Gasteiger partial charge < -0.3 is 52.5 Å². The van der Waals surface area contributed by atoms with Crippen LogP contribution in [0.5, 0.6) is 0 Å². The van der Waals surface area contributed by atoms with E-state index in [1.807, 2.05) is 121 Å². The third-order valence-corrected chi connectivity index (χ3v) is 10.1. The second-order valence-electron chi connectivity index (χ2n) is 13.8. The van der Waals surface area contributed by atoms with Gasteiger partial charge in [0.1, 0.15) is 49.3 Å². The number of ether oxygens (including phenoxy) is 10.